The van der Waals surface area contributed by atoms with E-state index in [1.54, 1.807) is 6.20 Å². The van der Waals surface area contributed by atoms with Crippen LogP contribution in [0.25, 0.3) is 0 Å². The average Bonchev–Trinajstić information content (AvgIpc) is 2.97. The van der Waals surface area contributed by atoms with Gasteiger partial charge in [0.25, 0.3) is 0 Å². The number of hydrogen-bond acceptors (Lipinski definition) is 7. The largest absolute Gasteiger partial charge is 0.300 e. The quantitative estimate of drug-likeness (QED) is 0.785. The number of aromatic amines is 1. The van der Waals surface area contributed by atoms with E-state index < -0.39 is 0 Å². The number of aryl methyl sites for hydroxylation is 1. The Morgan fingerprint density at radius 2 is 2.47 bits per heavy atom. The predicted molar refractivity (Wildman–Crippen MR) is 65.0 cm³/mol. The molecule has 0 aliphatic heterocycles. The van der Waals surface area contributed by atoms with Gasteiger partial charge in [-0.1, -0.05) is 30.0 Å². The zero-order valence-electron chi connectivity index (χ0n) is 9.01. The first kappa shape index (κ1) is 12.0. The number of anilines is 1. The van der Waals surface area contributed by atoms with Gasteiger partial charge in [-0.05, 0) is 6.42 Å². The highest BCUT2D eigenvalue weighted by Gasteiger charge is 2.08. The Labute approximate surface area is 105 Å². The van der Waals surface area contributed by atoms with Crippen LogP contribution in [0.3, 0.4) is 0 Å². The second-order valence-corrected chi connectivity index (χ2v) is 5.06. The van der Waals surface area contributed by atoms with Crippen molar-refractivity contribution in [1.29, 1.82) is 0 Å². The Kier molecular flexibility index (Phi) is 4.04. The average molecular weight is 270 g/mol. The van der Waals surface area contributed by atoms with Gasteiger partial charge in [0.2, 0.25) is 11.0 Å². The number of carbonyl (C=O) groups is 1. The van der Waals surface area contributed by atoms with Crippen LogP contribution >= 0.6 is 23.1 Å². The fraction of sp³-hybridized carbons (Fsp3) is 0.375. The second kappa shape index (κ2) is 5.73. The van der Waals surface area contributed by atoms with Crippen LogP contribution in [0.4, 0.5) is 5.13 Å². The lowest BCUT2D eigenvalue weighted by atomic mass is 10.5. The van der Waals surface area contributed by atoms with Crippen LogP contribution in [0.2, 0.25) is 0 Å². The van der Waals surface area contributed by atoms with Crippen molar-refractivity contribution in [1.82, 2.24) is 25.6 Å². The summed E-state index contributed by atoms with van der Waals surface area (Å²) < 4.78 is 0. The first-order valence-electron chi connectivity index (χ1n) is 4.88. The number of H-pyrrole nitrogens is 1. The highest BCUT2D eigenvalue weighted by atomic mass is 32.2. The number of aromatic nitrogens is 5. The molecule has 0 aliphatic carbocycles. The minimum absolute atomic E-state index is 0.128. The molecule has 90 valence electrons. The summed E-state index contributed by atoms with van der Waals surface area (Å²) in [6.45, 7) is 1.99. The molecule has 2 rings (SSSR count). The molecule has 0 aromatic carbocycles. The zero-order valence-corrected chi connectivity index (χ0v) is 10.6. The Hall–Kier alpha value is -1.48. The Balaban J connectivity index is 1.81. The van der Waals surface area contributed by atoms with E-state index >= 15 is 0 Å². The monoisotopic (exact) mass is 270 g/mol. The van der Waals surface area contributed by atoms with Gasteiger partial charge in [-0.2, -0.15) is 10.3 Å². The van der Waals surface area contributed by atoms with E-state index in [4.69, 9.17) is 0 Å². The normalized spacial score (nSPS) is 10.4. The van der Waals surface area contributed by atoms with Crippen LogP contribution in [0, 0.1) is 0 Å². The SMILES string of the molecule is CCc1nnc(NC(=O)CSc2cn[nH]n2)s1. The maximum absolute atomic E-state index is 11.6. The van der Waals surface area contributed by atoms with Crippen molar-refractivity contribution in [3.8, 4) is 0 Å². The maximum Gasteiger partial charge on any atom is 0.236 e. The maximum atomic E-state index is 11.6. The molecule has 2 heterocycles. The third-order valence-corrected chi connectivity index (χ3v) is 3.64. The van der Waals surface area contributed by atoms with Crippen LogP contribution in [0.15, 0.2) is 11.2 Å². The number of amides is 1. The van der Waals surface area contributed by atoms with Gasteiger partial charge in [0.15, 0.2) is 0 Å². The Bertz CT molecular complexity index is 482. The van der Waals surface area contributed by atoms with Crippen molar-refractivity contribution in [2.75, 3.05) is 11.1 Å². The summed E-state index contributed by atoms with van der Waals surface area (Å²) in [5.41, 5.74) is 0. The van der Waals surface area contributed by atoms with Crippen molar-refractivity contribution in [2.24, 2.45) is 0 Å². The molecule has 0 radical (unpaired) electrons. The molecule has 0 atom stereocenters. The summed E-state index contributed by atoms with van der Waals surface area (Å²) in [6.07, 6.45) is 2.39. The van der Waals surface area contributed by atoms with Crippen molar-refractivity contribution >= 4 is 34.1 Å². The topological polar surface area (TPSA) is 96.5 Å². The lowest BCUT2D eigenvalue weighted by Gasteiger charge is -1.98. The molecule has 0 saturated carbocycles. The molecule has 9 heteroatoms. The summed E-state index contributed by atoms with van der Waals surface area (Å²) in [5, 5.41) is 22.6. The van der Waals surface area contributed by atoms with Crippen molar-refractivity contribution in [3.63, 3.8) is 0 Å². The van der Waals surface area contributed by atoms with Gasteiger partial charge in [-0.25, -0.2) is 0 Å². The van der Waals surface area contributed by atoms with Crippen molar-refractivity contribution in [3.05, 3.63) is 11.2 Å². The number of hydrogen-bond donors (Lipinski definition) is 2. The highest BCUT2D eigenvalue weighted by molar-refractivity contribution is 7.99. The van der Waals surface area contributed by atoms with Crippen LogP contribution in [-0.2, 0) is 11.2 Å². The Morgan fingerprint density at radius 1 is 1.59 bits per heavy atom. The summed E-state index contributed by atoms with van der Waals surface area (Å²) in [5.74, 6) is 0.143. The van der Waals surface area contributed by atoms with E-state index in [2.05, 4.69) is 30.9 Å². The standard InChI is InChI=1S/C8H10N6OS2/c1-2-6-11-13-8(17-6)10-5(15)4-16-7-3-9-14-12-7/h3H,2,4H2,1H3,(H,9,12,14)(H,10,13,15). The third-order valence-electron chi connectivity index (χ3n) is 1.76. The van der Waals surface area contributed by atoms with Gasteiger partial charge in [0.1, 0.15) is 10.0 Å². The molecule has 0 bridgehead atoms. The van der Waals surface area contributed by atoms with E-state index in [9.17, 15) is 4.79 Å². The van der Waals surface area contributed by atoms with Gasteiger partial charge in [-0.15, -0.1) is 15.3 Å². The van der Waals surface area contributed by atoms with Crippen molar-refractivity contribution in [2.45, 2.75) is 18.4 Å². The fourth-order valence-electron chi connectivity index (χ4n) is 1.00. The summed E-state index contributed by atoms with van der Waals surface area (Å²) in [4.78, 5) is 11.6. The van der Waals surface area contributed by atoms with E-state index in [1.807, 2.05) is 6.92 Å². The molecule has 0 fully saturated rings. The van der Waals surface area contributed by atoms with E-state index in [0.717, 1.165) is 11.4 Å². The third kappa shape index (κ3) is 3.49. The molecule has 7 nitrogen and oxygen atoms in total. The van der Waals surface area contributed by atoms with Gasteiger partial charge < -0.3 is 0 Å². The molecule has 17 heavy (non-hydrogen) atoms. The molecular formula is C8H10N6OS2. The van der Waals surface area contributed by atoms with Crippen LogP contribution in [0.1, 0.15) is 11.9 Å². The molecule has 0 spiro atoms. The first-order chi connectivity index (χ1) is 8.28. The number of thioether (sulfide) groups is 1. The Morgan fingerprint density at radius 3 is 3.12 bits per heavy atom. The molecule has 0 aliphatic rings. The number of nitrogens with zero attached hydrogens (tertiary/aromatic N) is 4. The summed E-state index contributed by atoms with van der Waals surface area (Å²) in [6, 6.07) is 0. The molecule has 2 N–H and O–H groups in total. The summed E-state index contributed by atoms with van der Waals surface area (Å²) >= 11 is 2.69. The zero-order chi connectivity index (χ0) is 12.1. The molecule has 2 aromatic heterocycles. The van der Waals surface area contributed by atoms with Gasteiger partial charge in [0, 0.05) is 0 Å². The van der Waals surface area contributed by atoms with Gasteiger partial charge >= 0.3 is 0 Å². The van der Waals surface area contributed by atoms with Crippen LogP contribution in [0.5, 0.6) is 0 Å². The molecule has 1 amide bonds. The lowest BCUT2D eigenvalue weighted by Crippen LogP contribution is -2.13. The first-order valence-corrected chi connectivity index (χ1v) is 6.69. The fourth-order valence-corrected chi connectivity index (χ4v) is 2.28. The lowest BCUT2D eigenvalue weighted by molar-refractivity contribution is -0.113. The smallest absolute Gasteiger partial charge is 0.236 e. The van der Waals surface area contributed by atoms with Gasteiger partial charge in [-0.3, -0.25) is 10.1 Å². The van der Waals surface area contributed by atoms with E-state index in [1.165, 1.54) is 23.1 Å². The minimum Gasteiger partial charge on any atom is -0.300 e. The van der Waals surface area contributed by atoms with Crippen molar-refractivity contribution < 1.29 is 4.79 Å². The molecule has 2 aromatic rings. The van der Waals surface area contributed by atoms with E-state index in [0.29, 0.717) is 10.2 Å². The van der Waals surface area contributed by atoms with E-state index in [-0.39, 0.29) is 11.7 Å². The number of rotatable bonds is 5. The number of carbonyl (C=O) groups excluding carboxylic acids is 1. The second-order valence-electron chi connectivity index (χ2n) is 3.00. The molecule has 0 unspecified atom stereocenters. The minimum atomic E-state index is -0.128. The highest BCUT2D eigenvalue weighted by Crippen LogP contribution is 2.17. The number of nitrogens with one attached hydrogen (secondary N) is 2. The van der Waals surface area contributed by atoms with Crippen LogP contribution in [-0.4, -0.2) is 37.3 Å². The molecular weight excluding hydrogens is 260 g/mol. The summed E-state index contributed by atoms with van der Waals surface area (Å²) in [7, 11) is 0. The van der Waals surface area contributed by atoms with Gasteiger partial charge in [0.05, 0.1) is 11.9 Å². The predicted octanol–water partition coefficient (Wildman–Crippen LogP) is 0.949. The van der Waals surface area contributed by atoms with Crippen LogP contribution < -0.4 is 5.32 Å². The molecule has 0 saturated heterocycles.